The molecule has 0 saturated carbocycles. The van der Waals surface area contributed by atoms with E-state index < -0.39 is 0 Å². The molecule has 0 spiro atoms. The molecule has 1 aliphatic heterocycles. The van der Waals surface area contributed by atoms with Crippen LogP contribution in [-0.4, -0.2) is 85.5 Å². The van der Waals surface area contributed by atoms with Crippen LogP contribution in [0.1, 0.15) is 22.5 Å². The largest absolute Gasteiger partial charge is 0.349 e. The molecule has 1 fully saturated rings. The first-order valence-corrected chi connectivity index (χ1v) is 8.43. The molecule has 136 valence electrons. The number of hydrogen-bond donors (Lipinski definition) is 1. The Bertz CT molecular complexity index is 694. The predicted octanol–water partition coefficient (Wildman–Crippen LogP) is -1.03. The molecule has 0 aliphatic carbocycles. The van der Waals surface area contributed by atoms with E-state index in [0.29, 0.717) is 24.8 Å². The molecule has 1 amide bonds. The molecule has 10 nitrogen and oxygen atoms in total. The van der Waals surface area contributed by atoms with E-state index in [0.717, 1.165) is 31.6 Å². The van der Waals surface area contributed by atoms with Gasteiger partial charge in [-0.3, -0.25) is 14.4 Å². The van der Waals surface area contributed by atoms with Crippen molar-refractivity contribution in [3.8, 4) is 0 Å². The monoisotopic (exact) mass is 347 g/mol. The number of nitrogens with one attached hydrogen (secondary N) is 1. The average Bonchev–Trinajstić information content (AvgIpc) is 3.28. The number of nitrogens with zero attached hydrogens (tertiary/aromatic N) is 8. The second kappa shape index (κ2) is 7.70. The molecule has 3 heterocycles. The number of likely N-dealkylation sites (tertiary alicyclic amines) is 1. The van der Waals surface area contributed by atoms with Gasteiger partial charge in [-0.1, -0.05) is 0 Å². The zero-order valence-corrected chi connectivity index (χ0v) is 15.0. The number of aromatic nitrogens is 6. The Kier molecular flexibility index (Phi) is 5.39. The molecule has 1 aliphatic rings. The molecule has 2 aromatic heterocycles. The van der Waals surface area contributed by atoms with E-state index in [2.05, 4.69) is 49.8 Å². The first-order chi connectivity index (χ1) is 12.0. The Morgan fingerprint density at radius 2 is 2.28 bits per heavy atom. The normalized spacial score (nSPS) is 18.2. The van der Waals surface area contributed by atoms with Crippen molar-refractivity contribution in [2.45, 2.75) is 25.6 Å². The fraction of sp³-hybridized carbons (Fsp3) is 0.667. The van der Waals surface area contributed by atoms with Gasteiger partial charge >= 0.3 is 0 Å². The van der Waals surface area contributed by atoms with Crippen LogP contribution >= 0.6 is 0 Å². The third kappa shape index (κ3) is 4.40. The highest BCUT2D eigenvalue weighted by atomic mass is 16.2. The third-order valence-electron chi connectivity index (χ3n) is 4.51. The van der Waals surface area contributed by atoms with Gasteiger partial charge in [0.15, 0.2) is 5.69 Å². The van der Waals surface area contributed by atoms with Gasteiger partial charge in [0.05, 0.1) is 6.54 Å². The van der Waals surface area contributed by atoms with E-state index in [9.17, 15) is 4.79 Å². The third-order valence-corrected chi connectivity index (χ3v) is 4.51. The zero-order chi connectivity index (χ0) is 17.8. The summed E-state index contributed by atoms with van der Waals surface area (Å²) in [4.78, 5) is 17.1. The maximum absolute atomic E-state index is 12.5. The van der Waals surface area contributed by atoms with Crippen molar-refractivity contribution in [1.29, 1.82) is 0 Å². The molecule has 3 rings (SSSR count). The highest BCUT2D eigenvalue weighted by Gasteiger charge is 2.26. The Balaban J connectivity index is 1.57. The number of likely N-dealkylation sites (N-methyl/N-ethyl adjacent to an activating group) is 1. The van der Waals surface area contributed by atoms with Crippen LogP contribution in [0.4, 0.5) is 0 Å². The van der Waals surface area contributed by atoms with E-state index in [4.69, 9.17) is 0 Å². The number of hydrogen-bond acceptors (Lipinski definition) is 7. The van der Waals surface area contributed by atoms with Crippen molar-refractivity contribution in [3.05, 3.63) is 23.8 Å². The number of tetrazole rings is 1. The molecule has 0 aromatic carbocycles. The minimum Gasteiger partial charge on any atom is -0.349 e. The molecule has 10 heteroatoms. The topological polar surface area (TPSA) is 97.0 Å². The fourth-order valence-electron chi connectivity index (χ4n) is 3.11. The summed E-state index contributed by atoms with van der Waals surface area (Å²) < 4.78 is 3.27. The quantitative estimate of drug-likeness (QED) is 0.684. The summed E-state index contributed by atoms with van der Waals surface area (Å²) in [6, 6.07) is 0.574. The van der Waals surface area contributed by atoms with Crippen molar-refractivity contribution < 1.29 is 4.79 Å². The average molecular weight is 347 g/mol. The van der Waals surface area contributed by atoms with Gasteiger partial charge in [-0.15, -0.1) is 5.10 Å². The molecule has 1 saturated heterocycles. The molecular weight excluding hydrogens is 322 g/mol. The molecule has 0 bridgehead atoms. The first kappa shape index (κ1) is 17.5. The molecule has 1 unspecified atom stereocenters. The van der Waals surface area contributed by atoms with Crippen LogP contribution in [0.5, 0.6) is 0 Å². The lowest BCUT2D eigenvalue weighted by Crippen LogP contribution is -2.32. The lowest BCUT2D eigenvalue weighted by molar-refractivity contribution is 0.0944. The summed E-state index contributed by atoms with van der Waals surface area (Å²) in [5.74, 6) is -0.160. The van der Waals surface area contributed by atoms with Gasteiger partial charge < -0.3 is 10.2 Å². The van der Waals surface area contributed by atoms with Crippen LogP contribution in [0.25, 0.3) is 0 Å². The van der Waals surface area contributed by atoms with E-state index in [1.54, 1.807) is 9.36 Å². The summed E-state index contributed by atoms with van der Waals surface area (Å²) in [6.07, 6.45) is 4.60. The first-order valence-electron chi connectivity index (χ1n) is 8.43. The molecule has 2 aromatic rings. The molecule has 1 N–H and O–H groups in total. The molecule has 25 heavy (non-hydrogen) atoms. The summed E-state index contributed by atoms with van der Waals surface area (Å²) in [7, 11) is 6.07. The van der Waals surface area contributed by atoms with Gasteiger partial charge in [-0.2, -0.15) is 5.10 Å². The highest BCUT2D eigenvalue weighted by molar-refractivity contribution is 5.93. The summed E-state index contributed by atoms with van der Waals surface area (Å²) in [5.41, 5.74) is 1.45. The SMILES string of the molecule is CN(C)C1CCN(Cc2cn(C)nc2C(=O)NCCn2cnnn2)C1. The van der Waals surface area contributed by atoms with Gasteiger partial charge in [0.1, 0.15) is 6.33 Å². The van der Waals surface area contributed by atoms with Crippen molar-refractivity contribution in [2.75, 3.05) is 33.7 Å². The number of rotatable bonds is 7. The van der Waals surface area contributed by atoms with E-state index in [-0.39, 0.29) is 5.91 Å². The summed E-state index contributed by atoms with van der Waals surface area (Å²) in [6.45, 7) is 3.78. The van der Waals surface area contributed by atoms with Crippen LogP contribution in [0.15, 0.2) is 12.5 Å². The smallest absolute Gasteiger partial charge is 0.272 e. The van der Waals surface area contributed by atoms with Crippen molar-refractivity contribution in [3.63, 3.8) is 0 Å². The maximum Gasteiger partial charge on any atom is 0.272 e. The van der Waals surface area contributed by atoms with Crippen LogP contribution in [-0.2, 0) is 20.1 Å². The Morgan fingerprint density at radius 3 is 2.96 bits per heavy atom. The van der Waals surface area contributed by atoms with Crippen molar-refractivity contribution in [2.24, 2.45) is 7.05 Å². The van der Waals surface area contributed by atoms with Gasteiger partial charge in [-0.05, 0) is 30.9 Å². The van der Waals surface area contributed by atoms with Gasteiger partial charge in [0.25, 0.3) is 5.91 Å². The fourth-order valence-corrected chi connectivity index (χ4v) is 3.11. The Hall–Kier alpha value is -2.33. The number of aryl methyl sites for hydroxylation is 1. The van der Waals surface area contributed by atoms with Crippen LogP contribution in [0, 0.1) is 0 Å². The van der Waals surface area contributed by atoms with Gasteiger partial charge in [0, 0.05) is 51.0 Å². The predicted molar refractivity (Wildman–Crippen MR) is 90.7 cm³/mol. The highest BCUT2D eigenvalue weighted by Crippen LogP contribution is 2.18. The standard InChI is InChI=1S/C15H25N9O/c1-21(2)13-4-6-23(10-13)9-12-8-22(3)18-14(12)15(25)16-5-7-24-11-17-19-20-24/h8,11,13H,4-7,9-10H2,1-3H3,(H,16,25). The van der Waals surface area contributed by atoms with Crippen LogP contribution in [0.3, 0.4) is 0 Å². The lowest BCUT2D eigenvalue weighted by atomic mass is 10.2. The number of carbonyl (C=O) groups excluding carboxylic acids is 1. The lowest BCUT2D eigenvalue weighted by Gasteiger charge is -2.20. The van der Waals surface area contributed by atoms with Gasteiger partial charge in [0.2, 0.25) is 0 Å². The van der Waals surface area contributed by atoms with Crippen LogP contribution < -0.4 is 5.32 Å². The molecular formula is C15H25N9O. The van der Waals surface area contributed by atoms with E-state index >= 15 is 0 Å². The molecule has 0 radical (unpaired) electrons. The van der Waals surface area contributed by atoms with Crippen molar-refractivity contribution >= 4 is 5.91 Å². The minimum absolute atomic E-state index is 0.160. The number of carbonyl (C=O) groups is 1. The second-order valence-electron chi connectivity index (χ2n) is 6.65. The maximum atomic E-state index is 12.5. The summed E-state index contributed by atoms with van der Waals surface area (Å²) in [5, 5.41) is 18.1. The Morgan fingerprint density at radius 1 is 1.44 bits per heavy atom. The van der Waals surface area contributed by atoms with E-state index in [1.807, 2.05) is 13.2 Å². The Labute approximate surface area is 146 Å². The minimum atomic E-state index is -0.160. The van der Waals surface area contributed by atoms with Gasteiger partial charge in [-0.25, -0.2) is 4.68 Å². The van der Waals surface area contributed by atoms with Crippen LogP contribution in [0.2, 0.25) is 0 Å². The summed E-state index contributed by atoms with van der Waals surface area (Å²) >= 11 is 0. The molecule has 1 atom stereocenters. The number of amides is 1. The second-order valence-corrected chi connectivity index (χ2v) is 6.65. The van der Waals surface area contributed by atoms with E-state index in [1.165, 1.54) is 6.33 Å². The van der Waals surface area contributed by atoms with Crippen molar-refractivity contribution in [1.82, 2.24) is 45.1 Å². The zero-order valence-electron chi connectivity index (χ0n) is 15.0.